The minimum atomic E-state index is -3.30. The molecule has 1 aliphatic heterocycles. The van der Waals surface area contributed by atoms with Crippen molar-refractivity contribution in [2.24, 2.45) is 0 Å². The molecule has 1 aromatic carbocycles. The van der Waals surface area contributed by atoms with E-state index in [1.165, 1.54) is 6.92 Å². The van der Waals surface area contributed by atoms with Crippen LogP contribution >= 0.6 is 11.6 Å². The number of carbonyl (C=O) groups is 1. The number of hydrogen-bond acceptors (Lipinski definition) is 4. The molecular formula is C20H23ClF2N4O. The van der Waals surface area contributed by atoms with E-state index in [9.17, 15) is 9.18 Å². The topological polar surface area (TPSA) is 58.1 Å². The van der Waals surface area contributed by atoms with E-state index >= 15 is 4.39 Å². The summed E-state index contributed by atoms with van der Waals surface area (Å²) >= 11 is 5.70. The average molecular weight is 417 g/mol. The van der Waals surface area contributed by atoms with Gasteiger partial charge in [0.1, 0.15) is 17.3 Å². The van der Waals surface area contributed by atoms with Crippen molar-refractivity contribution in [2.45, 2.75) is 38.3 Å². The van der Waals surface area contributed by atoms with Crippen LogP contribution in [0, 0.1) is 5.82 Å². The number of aryl methyl sites for hydroxylation is 1. The molecule has 1 fully saturated rings. The Morgan fingerprint density at radius 3 is 2.82 bits per heavy atom. The molecule has 8 heteroatoms. The van der Waals surface area contributed by atoms with Gasteiger partial charge in [0.25, 0.3) is 5.91 Å². The number of likely N-dealkylation sites (tertiary alicyclic amines) is 1. The van der Waals surface area contributed by atoms with Crippen LogP contribution in [0.4, 0.5) is 8.78 Å². The minimum absolute atomic E-state index is 0.0443. The molecule has 1 N–H and O–H groups in total. The Labute approximate surface area is 179 Å². The zero-order valence-corrected chi connectivity index (χ0v) is 15.6. The number of piperidine rings is 1. The van der Waals surface area contributed by atoms with Gasteiger partial charge in [0.2, 0.25) is 0 Å². The third kappa shape index (κ3) is 5.02. The van der Waals surface area contributed by atoms with Crippen LogP contribution in [0.3, 0.4) is 0 Å². The van der Waals surface area contributed by atoms with E-state index in [2.05, 4.69) is 9.97 Å². The van der Waals surface area contributed by atoms with Crippen LogP contribution in [0.15, 0.2) is 30.6 Å². The third-order valence-electron chi connectivity index (χ3n) is 4.11. The highest BCUT2D eigenvalue weighted by molar-refractivity contribution is 6.31. The number of amides is 1. The Morgan fingerprint density at radius 2 is 2.18 bits per heavy atom. The van der Waals surface area contributed by atoms with Crippen LogP contribution in [0.1, 0.15) is 52.4 Å². The molecule has 28 heavy (non-hydrogen) atoms. The summed E-state index contributed by atoms with van der Waals surface area (Å²) in [5, 5.41) is 1.51. The normalized spacial score (nSPS) is 27.2. The standard InChI is InChI=1S/C20H23ClF2N4O/c1-2-14-10-25-18(26-11-14)12-24-13-20(23)5-7-27(8-6-20)19(28)15-3-4-17(22)16(21)9-15/h3-4,9-11,24H,2,5-8,12-13H2,1H3/i2D2,5D2,12D2,13D2. The average Bonchev–Trinajstić information content (AvgIpc) is 2.75. The van der Waals surface area contributed by atoms with Crippen LogP contribution in [0.25, 0.3) is 0 Å². The van der Waals surface area contributed by atoms with E-state index in [4.69, 9.17) is 22.6 Å². The molecule has 0 bridgehead atoms. The lowest BCUT2D eigenvalue weighted by atomic mass is 9.92. The highest BCUT2D eigenvalue weighted by atomic mass is 35.5. The maximum atomic E-state index is 16.1. The second-order valence-corrected chi connectivity index (χ2v) is 6.41. The molecule has 1 aliphatic rings. The lowest BCUT2D eigenvalue weighted by Gasteiger charge is -2.36. The predicted molar refractivity (Wildman–Crippen MR) is 104 cm³/mol. The van der Waals surface area contributed by atoms with E-state index in [0.717, 1.165) is 35.5 Å². The maximum absolute atomic E-state index is 16.1. The minimum Gasteiger partial charge on any atom is -0.338 e. The summed E-state index contributed by atoms with van der Waals surface area (Å²) in [5.41, 5.74) is -3.30. The van der Waals surface area contributed by atoms with Crippen molar-refractivity contribution in [2.75, 3.05) is 19.6 Å². The van der Waals surface area contributed by atoms with Crippen molar-refractivity contribution in [3.05, 3.63) is 58.4 Å². The fourth-order valence-electron chi connectivity index (χ4n) is 2.48. The van der Waals surface area contributed by atoms with E-state index in [1.807, 2.05) is 5.32 Å². The number of nitrogens with one attached hydrogen (secondary N) is 1. The fraction of sp³-hybridized carbons (Fsp3) is 0.450. The molecule has 1 aromatic heterocycles. The number of halogens is 3. The summed E-state index contributed by atoms with van der Waals surface area (Å²) in [6.07, 6.45) is -3.56. The molecule has 2 aromatic rings. The summed E-state index contributed by atoms with van der Waals surface area (Å²) in [4.78, 5) is 21.2. The Kier molecular flexibility index (Phi) is 3.96. The molecule has 1 unspecified atom stereocenters. The molecular weight excluding hydrogens is 386 g/mol. The first-order valence-electron chi connectivity index (χ1n) is 12.4. The molecule has 0 aliphatic carbocycles. The maximum Gasteiger partial charge on any atom is 0.253 e. The zero-order valence-electron chi connectivity index (χ0n) is 22.9. The Hall–Kier alpha value is -2.12. The molecule has 150 valence electrons. The molecule has 1 saturated heterocycles. The van der Waals surface area contributed by atoms with Crippen LogP contribution in [0.2, 0.25) is 5.02 Å². The fourth-order valence-corrected chi connectivity index (χ4v) is 2.66. The van der Waals surface area contributed by atoms with Gasteiger partial charge < -0.3 is 10.2 Å². The summed E-state index contributed by atoms with van der Waals surface area (Å²) in [5.74, 6) is -2.12. The van der Waals surface area contributed by atoms with Gasteiger partial charge in [0.05, 0.1) is 14.3 Å². The molecule has 5 nitrogen and oxygen atoms in total. The summed E-state index contributed by atoms with van der Waals surface area (Å²) in [6, 6.07) is 3.15. The SMILES string of the molecule is [2H]C([2H])(C)c1cnc(C([2H])([2H])NC([2H])([2H])C2(F)CCN(C(=O)c3ccc(F)c(Cl)c3)CC2([2H])[2H])nc1. The number of benzene rings is 1. The summed E-state index contributed by atoms with van der Waals surface area (Å²) in [6.45, 7) is -6.19. The molecule has 0 saturated carbocycles. The Morgan fingerprint density at radius 1 is 1.43 bits per heavy atom. The van der Waals surface area contributed by atoms with Crippen LogP contribution in [0.5, 0.6) is 0 Å². The molecule has 3 rings (SSSR count). The van der Waals surface area contributed by atoms with E-state index in [1.54, 1.807) is 0 Å². The first kappa shape index (κ1) is 12.4. The highest BCUT2D eigenvalue weighted by Crippen LogP contribution is 2.27. The van der Waals surface area contributed by atoms with Crippen molar-refractivity contribution in [1.29, 1.82) is 0 Å². The summed E-state index contributed by atoms with van der Waals surface area (Å²) < 4.78 is 94.0. The highest BCUT2D eigenvalue weighted by Gasteiger charge is 2.36. The van der Waals surface area contributed by atoms with E-state index in [-0.39, 0.29) is 16.1 Å². The van der Waals surface area contributed by atoms with Crippen molar-refractivity contribution < 1.29 is 24.5 Å². The predicted octanol–water partition coefficient (Wildman–Crippen LogP) is 3.57. The van der Waals surface area contributed by atoms with Gasteiger partial charge in [-0.2, -0.15) is 0 Å². The largest absolute Gasteiger partial charge is 0.338 e. The van der Waals surface area contributed by atoms with Gasteiger partial charge in [-0.3, -0.25) is 4.79 Å². The van der Waals surface area contributed by atoms with Gasteiger partial charge in [0.15, 0.2) is 0 Å². The van der Waals surface area contributed by atoms with Gasteiger partial charge >= 0.3 is 0 Å². The number of aromatic nitrogens is 2. The second kappa shape index (κ2) is 8.92. The molecule has 1 amide bonds. The van der Waals surface area contributed by atoms with Crippen molar-refractivity contribution >= 4 is 17.5 Å². The van der Waals surface area contributed by atoms with Crippen LogP contribution in [-0.4, -0.2) is 46.0 Å². The Balaban J connectivity index is 1.81. The quantitative estimate of drug-likeness (QED) is 0.782. The van der Waals surface area contributed by atoms with Gasteiger partial charge in [-0.1, -0.05) is 18.5 Å². The van der Waals surface area contributed by atoms with Crippen LogP contribution < -0.4 is 5.32 Å². The zero-order chi connectivity index (χ0) is 27.3. The number of hydrogen-bond donors (Lipinski definition) is 1. The first-order valence-corrected chi connectivity index (χ1v) is 8.74. The first-order chi connectivity index (χ1) is 16.3. The molecule has 0 radical (unpaired) electrons. The van der Waals surface area contributed by atoms with Gasteiger partial charge in [-0.15, -0.1) is 0 Å². The number of carbonyl (C=O) groups excluding carboxylic acids is 1. The van der Waals surface area contributed by atoms with E-state index < -0.39 is 68.5 Å². The lowest BCUT2D eigenvalue weighted by Crippen LogP contribution is -2.48. The molecule has 0 spiro atoms. The third-order valence-corrected chi connectivity index (χ3v) is 4.40. The van der Waals surface area contributed by atoms with Crippen molar-refractivity contribution in [3.8, 4) is 0 Å². The van der Waals surface area contributed by atoms with Gasteiger partial charge in [0, 0.05) is 58.6 Å². The number of alkyl halides is 1. The monoisotopic (exact) mass is 416 g/mol. The second-order valence-electron chi connectivity index (χ2n) is 6.00. The summed E-state index contributed by atoms with van der Waals surface area (Å²) in [7, 11) is 0. The molecule has 2 heterocycles. The van der Waals surface area contributed by atoms with Crippen molar-refractivity contribution in [3.63, 3.8) is 0 Å². The van der Waals surface area contributed by atoms with Gasteiger partial charge in [-0.25, -0.2) is 18.7 Å². The van der Waals surface area contributed by atoms with E-state index in [0.29, 0.717) is 0 Å². The lowest BCUT2D eigenvalue weighted by molar-refractivity contribution is 0.0434. The van der Waals surface area contributed by atoms with Crippen LogP contribution in [-0.2, 0) is 12.9 Å². The smallest absolute Gasteiger partial charge is 0.253 e. The van der Waals surface area contributed by atoms with Gasteiger partial charge in [-0.05, 0) is 30.1 Å². The van der Waals surface area contributed by atoms with Crippen molar-refractivity contribution in [1.82, 2.24) is 20.2 Å². The Bertz CT molecular complexity index is 1150. The number of rotatable bonds is 6. The molecule has 1 atom stereocenters. The number of nitrogens with zero attached hydrogens (tertiary/aromatic N) is 3.